The largest absolute Gasteiger partial charge is 0.279 e. The molecular weight excluding hydrogens is 220 g/mol. The van der Waals surface area contributed by atoms with Crippen LogP contribution in [0.1, 0.15) is 13.8 Å². The number of hydrogen-bond acceptors (Lipinski definition) is 1. The first-order chi connectivity index (χ1) is 7.61. The summed E-state index contributed by atoms with van der Waals surface area (Å²) in [6, 6.07) is 0. The maximum absolute atomic E-state index is 5.48. The van der Waals surface area contributed by atoms with E-state index in [1.807, 2.05) is 0 Å². The van der Waals surface area contributed by atoms with E-state index in [1.165, 1.54) is 0 Å². The van der Waals surface area contributed by atoms with E-state index >= 15 is 0 Å². The molecule has 0 aromatic heterocycles. The Labute approximate surface area is 102 Å². The highest BCUT2D eigenvalue weighted by Gasteiger charge is 2.42. The Morgan fingerprint density at radius 3 is 1.62 bits per heavy atom. The Balaban J connectivity index is 2.30. The molecule has 0 aliphatic heterocycles. The molecule has 2 aliphatic rings. The molecule has 1 nitrogen and oxygen atoms in total. The lowest BCUT2D eigenvalue weighted by atomic mass is 9.64. The van der Waals surface area contributed by atoms with Gasteiger partial charge in [0.25, 0.3) is 0 Å². The SMILES string of the molecule is CC1(C(COCl)C2(C)C=CC=C2)C=CC=C1. The first kappa shape index (κ1) is 11.7. The van der Waals surface area contributed by atoms with Gasteiger partial charge >= 0.3 is 0 Å². The van der Waals surface area contributed by atoms with Gasteiger partial charge in [-0.25, -0.2) is 0 Å². The normalized spacial score (nSPS) is 23.8. The molecule has 0 spiro atoms. The van der Waals surface area contributed by atoms with Crippen LogP contribution in [0, 0.1) is 16.7 Å². The van der Waals surface area contributed by atoms with Crippen LogP contribution in [0.25, 0.3) is 0 Å². The number of rotatable bonds is 4. The van der Waals surface area contributed by atoms with Crippen LogP contribution in [-0.4, -0.2) is 6.61 Å². The molecule has 0 saturated heterocycles. The molecule has 0 heterocycles. The number of halogens is 1. The van der Waals surface area contributed by atoms with Crippen molar-refractivity contribution in [1.82, 2.24) is 0 Å². The Hall–Kier alpha value is -0.790. The third-order valence-electron chi connectivity index (χ3n) is 3.77. The Morgan fingerprint density at radius 1 is 0.938 bits per heavy atom. The third kappa shape index (κ3) is 1.90. The van der Waals surface area contributed by atoms with Crippen molar-refractivity contribution >= 4 is 11.9 Å². The van der Waals surface area contributed by atoms with Crippen molar-refractivity contribution in [2.45, 2.75) is 13.8 Å². The highest BCUT2D eigenvalue weighted by atomic mass is 35.5. The van der Waals surface area contributed by atoms with Crippen molar-refractivity contribution in [3.8, 4) is 0 Å². The van der Waals surface area contributed by atoms with E-state index in [1.54, 1.807) is 0 Å². The van der Waals surface area contributed by atoms with Crippen LogP contribution in [0.2, 0.25) is 0 Å². The number of hydrogen-bond donors (Lipinski definition) is 0. The van der Waals surface area contributed by atoms with E-state index in [0.717, 1.165) is 0 Å². The molecule has 0 atom stereocenters. The zero-order chi connectivity index (χ0) is 11.6. The van der Waals surface area contributed by atoms with Crippen molar-refractivity contribution in [2.75, 3.05) is 6.61 Å². The van der Waals surface area contributed by atoms with Gasteiger partial charge in [-0.05, 0) is 0 Å². The highest BCUT2D eigenvalue weighted by Crippen LogP contribution is 2.47. The van der Waals surface area contributed by atoms with Crippen LogP contribution in [0.4, 0.5) is 0 Å². The summed E-state index contributed by atoms with van der Waals surface area (Å²) in [5, 5.41) is 0. The molecule has 0 radical (unpaired) electrons. The summed E-state index contributed by atoms with van der Waals surface area (Å²) in [4.78, 5) is 0. The minimum Gasteiger partial charge on any atom is -0.279 e. The van der Waals surface area contributed by atoms with E-state index in [2.05, 4.69) is 62.5 Å². The van der Waals surface area contributed by atoms with E-state index < -0.39 is 0 Å². The van der Waals surface area contributed by atoms with Gasteiger partial charge in [-0.15, -0.1) is 0 Å². The molecule has 2 aliphatic carbocycles. The van der Waals surface area contributed by atoms with Crippen molar-refractivity contribution < 1.29 is 4.29 Å². The van der Waals surface area contributed by atoms with Crippen molar-refractivity contribution in [3.63, 3.8) is 0 Å². The third-order valence-corrected chi connectivity index (χ3v) is 3.90. The lowest BCUT2D eigenvalue weighted by Crippen LogP contribution is -2.37. The predicted octanol–water partition coefficient (Wildman–Crippen LogP) is 4.04. The maximum atomic E-state index is 5.48. The molecule has 0 N–H and O–H groups in total. The van der Waals surface area contributed by atoms with Gasteiger partial charge in [-0.2, -0.15) is 0 Å². The lowest BCUT2D eigenvalue weighted by Gasteiger charge is -2.40. The molecule has 16 heavy (non-hydrogen) atoms. The fourth-order valence-corrected chi connectivity index (χ4v) is 2.85. The summed E-state index contributed by atoms with van der Waals surface area (Å²) in [6.07, 6.45) is 17.2. The van der Waals surface area contributed by atoms with Crippen molar-refractivity contribution in [3.05, 3.63) is 48.6 Å². The van der Waals surface area contributed by atoms with Crippen LogP contribution in [0.15, 0.2) is 48.6 Å². The number of allylic oxidation sites excluding steroid dienone is 8. The molecule has 86 valence electrons. The van der Waals surface area contributed by atoms with Crippen molar-refractivity contribution in [2.24, 2.45) is 16.7 Å². The van der Waals surface area contributed by atoms with E-state index in [0.29, 0.717) is 12.5 Å². The summed E-state index contributed by atoms with van der Waals surface area (Å²) in [5.41, 5.74) is 0.0331. The van der Waals surface area contributed by atoms with Gasteiger partial charge < -0.3 is 0 Å². The van der Waals surface area contributed by atoms with Gasteiger partial charge in [0.1, 0.15) is 0 Å². The van der Waals surface area contributed by atoms with Crippen LogP contribution in [-0.2, 0) is 4.29 Å². The minimum atomic E-state index is 0.0165. The molecule has 0 fully saturated rings. The van der Waals surface area contributed by atoms with E-state index in [9.17, 15) is 0 Å². The monoisotopic (exact) mass is 236 g/mol. The summed E-state index contributed by atoms with van der Waals surface area (Å²) in [6.45, 7) is 4.98. The van der Waals surface area contributed by atoms with Crippen LogP contribution in [0.3, 0.4) is 0 Å². The second kappa shape index (κ2) is 4.23. The Bertz CT molecular complexity index is 318. The summed E-state index contributed by atoms with van der Waals surface area (Å²) >= 11 is 5.48. The maximum Gasteiger partial charge on any atom is 0.0733 e. The first-order valence-corrected chi connectivity index (χ1v) is 5.89. The summed E-state index contributed by atoms with van der Waals surface area (Å²) in [5.74, 6) is 0.308. The van der Waals surface area contributed by atoms with Gasteiger partial charge in [0.15, 0.2) is 0 Å². The van der Waals surface area contributed by atoms with Gasteiger partial charge in [0, 0.05) is 16.7 Å². The Kier molecular flexibility index (Phi) is 3.09. The quantitative estimate of drug-likeness (QED) is 0.716. The molecule has 0 bridgehead atoms. The molecule has 0 amide bonds. The van der Waals surface area contributed by atoms with Crippen LogP contribution in [0.5, 0.6) is 0 Å². The average Bonchev–Trinajstić information content (AvgIpc) is 2.85. The lowest BCUT2D eigenvalue weighted by molar-refractivity contribution is 0.127. The standard InChI is InChI=1S/C14H17ClO/c1-13(7-3-4-8-13)12(11-16-15)14(2)9-5-6-10-14/h3-10,12H,11H2,1-2H3. The van der Waals surface area contributed by atoms with Gasteiger partial charge in [-0.3, -0.25) is 4.29 Å². The van der Waals surface area contributed by atoms with Crippen LogP contribution >= 0.6 is 11.9 Å². The topological polar surface area (TPSA) is 9.23 Å². The predicted molar refractivity (Wildman–Crippen MR) is 68.1 cm³/mol. The molecule has 0 aromatic rings. The fraction of sp³-hybridized carbons (Fsp3) is 0.429. The fourth-order valence-electron chi connectivity index (χ4n) is 2.72. The zero-order valence-corrected chi connectivity index (χ0v) is 10.4. The molecule has 0 saturated carbocycles. The average molecular weight is 237 g/mol. The molecule has 0 aromatic carbocycles. The minimum absolute atomic E-state index is 0.0165. The van der Waals surface area contributed by atoms with Gasteiger partial charge in [0.05, 0.1) is 18.5 Å². The van der Waals surface area contributed by atoms with E-state index in [-0.39, 0.29) is 10.8 Å². The van der Waals surface area contributed by atoms with Gasteiger partial charge in [0.2, 0.25) is 0 Å². The smallest absolute Gasteiger partial charge is 0.0733 e. The second-order valence-corrected chi connectivity index (χ2v) is 5.22. The van der Waals surface area contributed by atoms with Crippen molar-refractivity contribution in [1.29, 1.82) is 0 Å². The summed E-state index contributed by atoms with van der Waals surface area (Å²) < 4.78 is 4.90. The first-order valence-electron chi connectivity index (χ1n) is 5.58. The second-order valence-electron chi connectivity index (χ2n) is 5.00. The molecule has 0 unspecified atom stereocenters. The molecule has 2 heteroatoms. The molecular formula is C14H17ClO. The highest BCUT2D eigenvalue weighted by molar-refractivity contribution is 6.07. The van der Waals surface area contributed by atoms with E-state index in [4.69, 9.17) is 16.2 Å². The Morgan fingerprint density at radius 2 is 1.31 bits per heavy atom. The summed E-state index contributed by atoms with van der Waals surface area (Å²) in [7, 11) is 0. The molecule has 2 rings (SSSR count). The van der Waals surface area contributed by atoms with Crippen LogP contribution < -0.4 is 0 Å². The zero-order valence-electron chi connectivity index (χ0n) is 9.69. The van der Waals surface area contributed by atoms with Gasteiger partial charge in [-0.1, -0.05) is 62.5 Å².